The van der Waals surface area contributed by atoms with E-state index in [0.717, 1.165) is 17.6 Å². The maximum absolute atomic E-state index is 9.95. The Kier molecular flexibility index (Phi) is 4.29. The number of hydrazone groups is 1. The number of allylic oxidation sites excluding steroid dienone is 2. The fraction of sp³-hybridized carbons (Fsp3) is 0.533. The zero-order chi connectivity index (χ0) is 15.7. The Morgan fingerprint density at radius 1 is 1.27 bits per heavy atom. The van der Waals surface area contributed by atoms with E-state index in [2.05, 4.69) is 22.4 Å². The number of aliphatic hydroxyl groups excluding tert-OH is 4. The van der Waals surface area contributed by atoms with E-state index in [0.29, 0.717) is 0 Å². The van der Waals surface area contributed by atoms with Crippen LogP contribution in [0.5, 0.6) is 0 Å². The quantitative estimate of drug-likeness (QED) is 0.360. The van der Waals surface area contributed by atoms with Crippen LogP contribution in [0.2, 0.25) is 0 Å². The van der Waals surface area contributed by atoms with Crippen molar-refractivity contribution in [3.8, 4) is 11.8 Å². The van der Waals surface area contributed by atoms with Gasteiger partial charge in [0.25, 0.3) is 0 Å². The van der Waals surface area contributed by atoms with Gasteiger partial charge in [-0.2, -0.15) is 5.10 Å². The van der Waals surface area contributed by atoms with Crippen LogP contribution >= 0.6 is 0 Å². The molecule has 7 nitrogen and oxygen atoms in total. The molecule has 0 bridgehead atoms. The molecule has 0 aromatic carbocycles. The summed E-state index contributed by atoms with van der Waals surface area (Å²) in [6.45, 7) is -0.463. The Morgan fingerprint density at radius 3 is 2.86 bits per heavy atom. The lowest BCUT2D eigenvalue weighted by molar-refractivity contribution is -0.214. The second-order valence-electron chi connectivity index (χ2n) is 5.47. The SMILES string of the molecule is OCC1OC(C#CC2=C3C=NNC3CC=C2)C(O)C(O)[C@@H]1O. The number of hydrogen-bond acceptors (Lipinski definition) is 7. The van der Waals surface area contributed by atoms with E-state index in [1.54, 1.807) is 6.21 Å². The van der Waals surface area contributed by atoms with Crippen LogP contribution < -0.4 is 5.43 Å². The Bertz CT molecular complexity index is 586. The van der Waals surface area contributed by atoms with Crippen LogP contribution in [0.25, 0.3) is 0 Å². The van der Waals surface area contributed by atoms with Gasteiger partial charge < -0.3 is 30.6 Å². The van der Waals surface area contributed by atoms with Crippen LogP contribution in [0.3, 0.4) is 0 Å². The van der Waals surface area contributed by atoms with Crippen LogP contribution in [-0.4, -0.2) is 69.8 Å². The van der Waals surface area contributed by atoms with Crippen LogP contribution in [0.15, 0.2) is 28.4 Å². The normalized spacial score (nSPS) is 40.0. The van der Waals surface area contributed by atoms with Crippen LogP contribution in [-0.2, 0) is 4.74 Å². The minimum Gasteiger partial charge on any atom is -0.394 e. The lowest BCUT2D eigenvalue weighted by Crippen LogP contribution is -2.58. The molecule has 6 atom stereocenters. The van der Waals surface area contributed by atoms with Gasteiger partial charge in [0.1, 0.15) is 30.5 Å². The summed E-state index contributed by atoms with van der Waals surface area (Å²) in [6.07, 6.45) is 0.358. The lowest BCUT2D eigenvalue weighted by Gasteiger charge is -2.37. The van der Waals surface area contributed by atoms with Crippen molar-refractivity contribution >= 4 is 6.21 Å². The van der Waals surface area contributed by atoms with Crippen molar-refractivity contribution in [1.82, 2.24) is 5.43 Å². The van der Waals surface area contributed by atoms with Gasteiger partial charge in [0.05, 0.1) is 18.9 Å². The summed E-state index contributed by atoms with van der Waals surface area (Å²) in [4.78, 5) is 0. The summed E-state index contributed by atoms with van der Waals surface area (Å²) < 4.78 is 5.35. The summed E-state index contributed by atoms with van der Waals surface area (Å²) in [7, 11) is 0. The number of nitrogens with zero attached hydrogens (tertiary/aromatic N) is 1. The van der Waals surface area contributed by atoms with Gasteiger partial charge in [-0.15, -0.1) is 0 Å². The Morgan fingerprint density at radius 2 is 2.09 bits per heavy atom. The fourth-order valence-corrected chi connectivity index (χ4v) is 2.69. The molecule has 0 aromatic rings. The number of hydrogen-bond donors (Lipinski definition) is 5. The van der Waals surface area contributed by atoms with Crippen molar-refractivity contribution in [3.05, 3.63) is 23.3 Å². The Balaban J connectivity index is 1.81. The average Bonchev–Trinajstić information content (AvgIpc) is 3.01. The fourth-order valence-electron chi connectivity index (χ4n) is 2.69. The first-order valence-corrected chi connectivity index (χ1v) is 7.13. The Labute approximate surface area is 127 Å². The van der Waals surface area contributed by atoms with Crippen LogP contribution in [0, 0.1) is 11.8 Å². The molecule has 2 heterocycles. The predicted octanol–water partition coefficient (Wildman–Crippen LogP) is -1.95. The molecule has 1 saturated heterocycles. The van der Waals surface area contributed by atoms with E-state index in [1.165, 1.54) is 0 Å². The molecule has 0 saturated carbocycles. The monoisotopic (exact) mass is 306 g/mol. The zero-order valence-electron chi connectivity index (χ0n) is 11.8. The largest absolute Gasteiger partial charge is 0.394 e. The van der Waals surface area contributed by atoms with Crippen molar-refractivity contribution in [1.29, 1.82) is 0 Å². The highest BCUT2D eigenvalue weighted by Gasteiger charge is 2.42. The lowest BCUT2D eigenvalue weighted by atomic mass is 9.93. The van der Waals surface area contributed by atoms with E-state index in [4.69, 9.17) is 9.84 Å². The van der Waals surface area contributed by atoms with Crippen molar-refractivity contribution in [3.63, 3.8) is 0 Å². The molecule has 1 fully saturated rings. The molecular formula is C15H18N2O5. The van der Waals surface area contributed by atoms with Gasteiger partial charge in [0.15, 0.2) is 0 Å². The highest BCUT2D eigenvalue weighted by Crippen LogP contribution is 2.23. The van der Waals surface area contributed by atoms with Gasteiger partial charge in [-0.3, -0.25) is 0 Å². The summed E-state index contributed by atoms with van der Waals surface area (Å²) in [5.74, 6) is 5.69. The molecule has 0 amide bonds. The maximum atomic E-state index is 9.95. The third-order valence-electron chi connectivity index (χ3n) is 4.02. The van der Waals surface area contributed by atoms with Crippen LogP contribution in [0.4, 0.5) is 0 Å². The van der Waals surface area contributed by atoms with E-state index < -0.39 is 37.1 Å². The number of nitrogens with one attached hydrogen (secondary N) is 1. The van der Waals surface area contributed by atoms with Gasteiger partial charge in [-0.1, -0.05) is 24.0 Å². The molecule has 5 unspecified atom stereocenters. The van der Waals surface area contributed by atoms with Crippen molar-refractivity contribution < 1.29 is 25.2 Å². The zero-order valence-corrected chi connectivity index (χ0v) is 11.8. The smallest absolute Gasteiger partial charge is 0.147 e. The molecule has 2 aliphatic heterocycles. The van der Waals surface area contributed by atoms with Gasteiger partial charge in [-0.25, -0.2) is 0 Å². The molecule has 0 aromatic heterocycles. The summed E-state index contributed by atoms with van der Waals surface area (Å²) in [5, 5.41) is 42.6. The van der Waals surface area contributed by atoms with Crippen molar-refractivity contribution in [2.75, 3.05) is 6.61 Å². The first kappa shape index (κ1) is 15.2. The molecule has 118 valence electrons. The minimum atomic E-state index is -1.41. The molecular weight excluding hydrogens is 288 g/mol. The number of aliphatic hydroxyl groups is 4. The molecule has 3 aliphatic rings. The third-order valence-corrected chi connectivity index (χ3v) is 4.02. The summed E-state index contributed by atoms with van der Waals surface area (Å²) >= 11 is 0. The topological polar surface area (TPSA) is 115 Å². The third kappa shape index (κ3) is 2.67. The standard InChI is InChI=1S/C15H18N2O5/c18-7-12-14(20)15(21)13(19)11(22-12)5-4-8-2-1-3-10-9(8)6-16-17-10/h1-2,6,10-15,17-21H,3,7H2/t10?,11?,12?,13?,14-,15?/m1/s1. The van der Waals surface area contributed by atoms with Gasteiger partial charge in [0, 0.05) is 11.1 Å². The Hall–Kier alpha value is -1.69. The highest BCUT2D eigenvalue weighted by atomic mass is 16.5. The van der Waals surface area contributed by atoms with Crippen LogP contribution in [0.1, 0.15) is 6.42 Å². The molecule has 3 rings (SSSR count). The summed E-state index contributed by atoms with van der Waals surface area (Å²) in [6, 6.07) is 0.115. The minimum absolute atomic E-state index is 0.115. The van der Waals surface area contributed by atoms with Gasteiger partial charge in [0.2, 0.25) is 0 Å². The average molecular weight is 306 g/mol. The molecule has 1 aliphatic carbocycles. The van der Waals surface area contributed by atoms with E-state index >= 15 is 0 Å². The predicted molar refractivity (Wildman–Crippen MR) is 77.7 cm³/mol. The molecule has 5 N–H and O–H groups in total. The summed E-state index contributed by atoms with van der Waals surface area (Å²) in [5.41, 5.74) is 4.71. The first-order chi connectivity index (χ1) is 10.6. The molecule has 22 heavy (non-hydrogen) atoms. The van der Waals surface area contributed by atoms with E-state index in [1.807, 2.05) is 12.2 Å². The number of fused-ring (bicyclic) bond motifs is 1. The second-order valence-corrected chi connectivity index (χ2v) is 5.47. The maximum Gasteiger partial charge on any atom is 0.147 e. The second kappa shape index (κ2) is 6.20. The van der Waals surface area contributed by atoms with Crippen molar-refractivity contribution in [2.24, 2.45) is 5.10 Å². The molecule has 0 spiro atoms. The van der Waals surface area contributed by atoms with Gasteiger partial charge >= 0.3 is 0 Å². The first-order valence-electron chi connectivity index (χ1n) is 7.13. The molecule has 7 heteroatoms. The number of rotatable bonds is 1. The van der Waals surface area contributed by atoms with E-state index in [-0.39, 0.29) is 6.04 Å². The molecule has 0 radical (unpaired) electrons. The van der Waals surface area contributed by atoms with Crippen molar-refractivity contribution in [2.45, 2.75) is 43.0 Å². The van der Waals surface area contributed by atoms with E-state index in [9.17, 15) is 15.3 Å². The number of ether oxygens (including phenoxy) is 1. The van der Waals surface area contributed by atoms with Gasteiger partial charge in [-0.05, 0) is 6.42 Å². The highest BCUT2D eigenvalue weighted by molar-refractivity contribution is 5.86.